The van der Waals surface area contributed by atoms with Gasteiger partial charge in [0.1, 0.15) is 16.8 Å². The molecule has 3 rings (SSSR count). The topological polar surface area (TPSA) is 66.5 Å². The van der Waals surface area contributed by atoms with Gasteiger partial charge >= 0.3 is 0 Å². The van der Waals surface area contributed by atoms with Gasteiger partial charge < -0.3 is 4.90 Å². The van der Waals surface area contributed by atoms with Crippen LogP contribution in [0.2, 0.25) is 10.0 Å². The van der Waals surface area contributed by atoms with Crippen LogP contribution in [-0.4, -0.2) is 26.9 Å². The highest BCUT2D eigenvalue weighted by Crippen LogP contribution is 2.30. The first kappa shape index (κ1) is 18.1. The maximum absolute atomic E-state index is 13.9. The van der Waals surface area contributed by atoms with Crippen LogP contribution in [0.3, 0.4) is 0 Å². The van der Waals surface area contributed by atoms with E-state index in [1.54, 1.807) is 6.07 Å². The molecule has 1 heterocycles. The van der Waals surface area contributed by atoms with Crippen molar-refractivity contribution in [2.75, 3.05) is 11.4 Å². The summed E-state index contributed by atoms with van der Waals surface area (Å²) in [7, 11) is -4.11. The molecule has 1 aliphatic heterocycles. The Labute approximate surface area is 154 Å². The number of anilines is 1. The summed E-state index contributed by atoms with van der Waals surface area (Å²) in [5, 5.41) is -0.0900. The Morgan fingerprint density at radius 3 is 2.36 bits per heavy atom. The first-order valence-electron chi connectivity index (χ1n) is 7.33. The molecule has 0 aliphatic carbocycles. The predicted molar refractivity (Wildman–Crippen MR) is 93.9 cm³/mol. The lowest BCUT2D eigenvalue weighted by Gasteiger charge is -2.18. The van der Waals surface area contributed by atoms with Crippen LogP contribution in [0.5, 0.6) is 0 Å². The van der Waals surface area contributed by atoms with E-state index < -0.39 is 27.8 Å². The predicted octanol–water partition coefficient (Wildman–Crippen LogP) is 3.22. The highest BCUT2D eigenvalue weighted by molar-refractivity contribution is 7.89. The van der Waals surface area contributed by atoms with Crippen molar-refractivity contribution in [3.8, 4) is 0 Å². The summed E-state index contributed by atoms with van der Waals surface area (Å²) < 4.78 is 41.3. The van der Waals surface area contributed by atoms with Crippen molar-refractivity contribution in [2.45, 2.75) is 17.4 Å². The summed E-state index contributed by atoms with van der Waals surface area (Å²) in [5.41, 5.74) is 0.116. The van der Waals surface area contributed by atoms with Gasteiger partial charge in [0.05, 0.1) is 15.7 Å². The molecule has 5 nitrogen and oxygen atoms in total. The molecule has 1 unspecified atom stereocenters. The number of hydrogen-bond acceptors (Lipinski definition) is 3. The Morgan fingerprint density at radius 2 is 1.72 bits per heavy atom. The number of halogens is 3. The number of benzene rings is 2. The Balaban J connectivity index is 1.85. The average molecular weight is 403 g/mol. The van der Waals surface area contributed by atoms with E-state index in [4.69, 9.17) is 23.2 Å². The molecule has 0 bridgehead atoms. The van der Waals surface area contributed by atoms with Crippen molar-refractivity contribution in [3.05, 3.63) is 58.3 Å². The largest absolute Gasteiger partial charge is 0.308 e. The van der Waals surface area contributed by atoms with E-state index in [9.17, 15) is 17.6 Å². The molecular weight excluding hydrogens is 390 g/mol. The first-order chi connectivity index (χ1) is 11.8. The lowest BCUT2D eigenvalue weighted by atomic mass is 10.2. The van der Waals surface area contributed by atoms with Gasteiger partial charge in [0.2, 0.25) is 15.9 Å². The monoisotopic (exact) mass is 402 g/mol. The van der Waals surface area contributed by atoms with Crippen molar-refractivity contribution in [2.24, 2.45) is 0 Å². The van der Waals surface area contributed by atoms with Gasteiger partial charge in [0, 0.05) is 6.54 Å². The van der Waals surface area contributed by atoms with Gasteiger partial charge in [0.15, 0.2) is 0 Å². The van der Waals surface area contributed by atoms with Crippen LogP contribution in [0.4, 0.5) is 10.1 Å². The number of carbonyl (C=O) groups is 1. The van der Waals surface area contributed by atoms with Gasteiger partial charge in [-0.25, -0.2) is 12.8 Å². The summed E-state index contributed by atoms with van der Waals surface area (Å²) in [6.07, 6.45) is 0.203. The minimum atomic E-state index is -4.11. The SMILES string of the molecule is O=C1C(NS(=O)(=O)c2c(Cl)cccc2Cl)CCN1c1ccccc1F. The Hall–Kier alpha value is -1.67. The molecule has 0 saturated carbocycles. The van der Waals surface area contributed by atoms with Gasteiger partial charge in [-0.15, -0.1) is 0 Å². The fraction of sp³-hybridized carbons (Fsp3) is 0.188. The van der Waals surface area contributed by atoms with Crippen LogP contribution in [0, 0.1) is 5.82 Å². The summed E-state index contributed by atoms with van der Waals surface area (Å²) in [6, 6.07) is 9.11. The summed E-state index contributed by atoms with van der Waals surface area (Å²) in [4.78, 5) is 13.4. The molecule has 0 aromatic heterocycles. The quantitative estimate of drug-likeness (QED) is 0.853. The summed E-state index contributed by atoms with van der Waals surface area (Å²) >= 11 is 11.9. The number of para-hydroxylation sites is 1. The van der Waals surface area contributed by atoms with E-state index in [-0.39, 0.29) is 33.6 Å². The van der Waals surface area contributed by atoms with Crippen LogP contribution in [0.25, 0.3) is 0 Å². The maximum Gasteiger partial charge on any atom is 0.245 e. The second-order valence-electron chi connectivity index (χ2n) is 5.45. The lowest BCUT2D eigenvalue weighted by molar-refractivity contribution is -0.118. The fourth-order valence-electron chi connectivity index (χ4n) is 2.68. The highest BCUT2D eigenvalue weighted by Gasteiger charge is 2.37. The maximum atomic E-state index is 13.9. The number of rotatable bonds is 4. The minimum Gasteiger partial charge on any atom is -0.308 e. The van der Waals surface area contributed by atoms with Crippen molar-refractivity contribution in [3.63, 3.8) is 0 Å². The molecule has 0 radical (unpaired) electrons. The van der Waals surface area contributed by atoms with Gasteiger partial charge in [0.25, 0.3) is 0 Å². The van der Waals surface area contributed by atoms with E-state index >= 15 is 0 Å². The molecule has 9 heteroatoms. The van der Waals surface area contributed by atoms with E-state index in [1.165, 1.54) is 41.3 Å². The Bertz CT molecular complexity index is 916. The minimum absolute atomic E-state index is 0.0450. The van der Waals surface area contributed by atoms with Crippen molar-refractivity contribution < 1.29 is 17.6 Å². The third-order valence-electron chi connectivity index (χ3n) is 3.83. The Morgan fingerprint density at radius 1 is 1.08 bits per heavy atom. The zero-order valence-electron chi connectivity index (χ0n) is 12.7. The molecule has 1 aliphatic rings. The van der Waals surface area contributed by atoms with Crippen LogP contribution in [0.1, 0.15) is 6.42 Å². The van der Waals surface area contributed by atoms with E-state index in [0.29, 0.717) is 0 Å². The van der Waals surface area contributed by atoms with Crippen LogP contribution in [0.15, 0.2) is 47.4 Å². The highest BCUT2D eigenvalue weighted by atomic mass is 35.5. The lowest BCUT2D eigenvalue weighted by Crippen LogP contribution is -2.41. The van der Waals surface area contributed by atoms with Gasteiger partial charge in [-0.3, -0.25) is 4.79 Å². The molecule has 1 atom stereocenters. The van der Waals surface area contributed by atoms with Crippen molar-refractivity contribution in [1.29, 1.82) is 0 Å². The average Bonchev–Trinajstić information content (AvgIpc) is 2.88. The second-order valence-corrected chi connectivity index (χ2v) is 7.92. The van der Waals surface area contributed by atoms with Crippen LogP contribution >= 0.6 is 23.2 Å². The summed E-state index contributed by atoms with van der Waals surface area (Å²) in [6.45, 7) is 0.198. The van der Waals surface area contributed by atoms with Gasteiger partial charge in [-0.2, -0.15) is 4.72 Å². The van der Waals surface area contributed by atoms with Crippen molar-refractivity contribution in [1.82, 2.24) is 4.72 Å². The smallest absolute Gasteiger partial charge is 0.245 e. The van der Waals surface area contributed by atoms with Gasteiger partial charge in [-0.1, -0.05) is 41.4 Å². The molecule has 1 N–H and O–H groups in total. The number of hydrogen-bond donors (Lipinski definition) is 1. The number of nitrogens with one attached hydrogen (secondary N) is 1. The van der Waals surface area contributed by atoms with Crippen LogP contribution in [-0.2, 0) is 14.8 Å². The summed E-state index contributed by atoms with van der Waals surface area (Å²) in [5.74, 6) is -1.08. The first-order valence-corrected chi connectivity index (χ1v) is 9.57. The fourth-order valence-corrected chi connectivity index (χ4v) is 5.05. The molecule has 1 amide bonds. The molecule has 2 aromatic carbocycles. The van der Waals surface area contributed by atoms with E-state index in [1.807, 2.05) is 0 Å². The standard InChI is InChI=1S/C16H13Cl2FN2O3S/c17-10-4-3-5-11(18)15(10)25(23,24)20-13-8-9-21(16(13)22)14-7-2-1-6-12(14)19/h1-7,13,20H,8-9H2. The van der Waals surface area contributed by atoms with Crippen LogP contribution < -0.4 is 9.62 Å². The third-order valence-corrected chi connectivity index (χ3v) is 6.26. The molecule has 132 valence electrons. The number of amides is 1. The molecule has 0 spiro atoms. The molecular formula is C16H13Cl2FN2O3S. The molecule has 2 aromatic rings. The number of carbonyl (C=O) groups excluding carboxylic acids is 1. The van der Waals surface area contributed by atoms with Gasteiger partial charge in [-0.05, 0) is 30.7 Å². The number of nitrogens with zero attached hydrogens (tertiary/aromatic N) is 1. The normalized spacial score (nSPS) is 18.0. The third kappa shape index (κ3) is 3.50. The van der Waals surface area contributed by atoms with E-state index in [2.05, 4.69) is 4.72 Å². The zero-order chi connectivity index (χ0) is 18.2. The van der Waals surface area contributed by atoms with Crippen molar-refractivity contribution >= 4 is 44.8 Å². The second kappa shape index (κ2) is 6.92. The molecule has 1 saturated heterocycles. The van der Waals surface area contributed by atoms with E-state index in [0.717, 1.165) is 0 Å². The molecule has 1 fully saturated rings. The Kier molecular flexibility index (Phi) is 5.02. The molecule has 25 heavy (non-hydrogen) atoms. The number of sulfonamides is 1. The zero-order valence-corrected chi connectivity index (χ0v) is 15.1.